The molecular weight excluding hydrogens is 382 g/mol. The first kappa shape index (κ1) is 21.6. The molecule has 0 radical (unpaired) electrons. The summed E-state index contributed by atoms with van der Waals surface area (Å²) >= 11 is 0. The first-order valence-electron chi connectivity index (χ1n) is 8.56. The summed E-state index contributed by atoms with van der Waals surface area (Å²) in [6.07, 6.45) is -1.05. The zero-order valence-electron chi connectivity index (χ0n) is 16.2. The minimum absolute atomic E-state index is 0.0794. The minimum atomic E-state index is -3.83. The van der Waals surface area contributed by atoms with Gasteiger partial charge in [-0.05, 0) is 50.2 Å². The summed E-state index contributed by atoms with van der Waals surface area (Å²) in [7, 11) is -1.03. The lowest BCUT2D eigenvalue weighted by Gasteiger charge is -2.18. The van der Waals surface area contributed by atoms with Gasteiger partial charge in [0.25, 0.3) is 0 Å². The molecule has 7 nitrogen and oxygen atoms in total. The third-order valence-electron chi connectivity index (χ3n) is 4.13. The van der Waals surface area contributed by atoms with Gasteiger partial charge in [0.1, 0.15) is 12.3 Å². The number of ether oxygens (including phenoxy) is 2. The molecule has 2 aromatic carbocycles. The van der Waals surface area contributed by atoms with Crippen LogP contribution in [0.1, 0.15) is 22.8 Å². The van der Waals surface area contributed by atoms with Crippen LogP contribution in [-0.4, -0.2) is 51.3 Å². The molecule has 2 rings (SSSR count). The number of carbonyl (C=O) groups excluding carboxylic acids is 2. The van der Waals surface area contributed by atoms with Gasteiger partial charge in [-0.2, -0.15) is 4.31 Å². The van der Waals surface area contributed by atoms with Crippen molar-refractivity contribution in [3.63, 3.8) is 0 Å². The van der Waals surface area contributed by atoms with Crippen LogP contribution in [0.5, 0.6) is 5.75 Å². The smallest absolute Gasteiger partial charge is 0.322 e. The number of carbonyl (C=O) groups is 2. The number of ketones is 1. The van der Waals surface area contributed by atoms with Gasteiger partial charge in [0.2, 0.25) is 15.8 Å². The van der Waals surface area contributed by atoms with Crippen molar-refractivity contribution < 1.29 is 27.5 Å². The number of nitrogens with zero attached hydrogens (tertiary/aromatic N) is 1. The van der Waals surface area contributed by atoms with Crippen LogP contribution in [-0.2, 0) is 19.6 Å². The average Bonchev–Trinajstić information content (AvgIpc) is 2.67. The summed E-state index contributed by atoms with van der Waals surface area (Å²) in [5.74, 6) is -0.600. The molecule has 0 aliphatic heterocycles. The van der Waals surface area contributed by atoms with E-state index >= 15 is 0 Å². The number of rotatable bonds is 8. The largest absolute Gasteiger partial charge is 0.497 e. The average molecular weight is 405 g/mol. The van der Waals surface area contributed by atoms with E-state index in [0.717, 1.165) is 9.87 Å². The van der Waals surface area contributed by atoms with Crippen LogP contribution in [0.15, 0.2) is 53.4 Å². The monoisotopic (exact) mass is 405 g/mol. The Morgan fingerprint density at radius 2 is 1.61 bits per heavy atom. The van der Waals surface area contributed by atoms with E-state index in [1.165, 1.54) is 33.2 Å². The van der Waals surface area contributed by atoms with Gasteiger partial charge in [-0.1, -0.05) is 17.7 Å². The second-order valence-electron chi connectivity index (χ2n) is 6.30. The predicted molar refractivity (Wildman–Crippen MR) is 104 cm³/mol. The highest BCUT2D eigenvalue weighted by molar-refractivity contribution is 7.89. The lowest BCUT2D eigenvalue weighted by Crippen LogP contribution is -2.35. The van der Waals surface area contributed by atoms with E-state index in [9.17, 15) is 18.0 Å². The van der Waals surface area contributed by atoms with E-state index < -0.39 is 28.6 Å². The van der Waals surface area contributed by atoms with Crippen LogP contribution >= 0.6 is 0 Å². The Labute approximate surface area is 164 Å². The van der Waals surface area contributed by atoms with Crippen molar-refractivity contribution in [1.29, 1.82) is 0 Å². The van der Waals surface area contributed by atoms with Gasteiger partial charge in [0.05, 0.1) is 12.0 Å². The van der Waals surface area contributed by atoms with Crippen molar-refractivity contribution in [1.82, 2.24) is 4.31 Å². The zero-order chi connectivity index (χ0) is 20.9. The Kier molecular flexibility index (Phi) is 6.93. The molecule has 2 aromatic rings. The Balaban J connectivity index is 1.99. The van der Waals surface area contributed by atoms with Crippen molar-refractivity contribution in [3.05, 3.63) is 59.7 Å². The molecule has 1 atom stereocenters. The quantitative estimate of drug-likeness (QED) is 0.495. The van der Waals surface area contributed by atoms with Gasteiger partial charge >= 0.3 is 5.97 Å². The van der Waals surface area contributed by atoms with Gasteiger partial charge < -0.3 is 9.47 Å². The molecular formula is C20H23NO6S. The first-order valence-corrected chi connectivity index (χ1v) is 10.00. The maximum atomic E-state index is 12.5. The highest BCUT2D eigenvalue weighted by Gasteiger charge is 2.26. The number of aryl methyl sites for hydroxylation is 1. The molecule has 0 heterocycles. The van der Waals surface area contributed by atoms with Crippen LogP contribution in [0.25, 0.3) is 0 Å². The number of Topliss-reactive ketones (excluding diaryl/α,β-unsaturated/α-hetero) is 1. The number of likely N-dealkylation sites (N-methyl/N-ethyl adjacent to an activating group) is 1. The van der Waals surface area contributed by atoms with E-state index in [-0.39, 0.29) is 10.7 Å². The number of hydrogen-bond donors (Lipinski definition) is 0. The van der Waals surface area contributed by atoms with Gasteiger partial charge in [-0.15, -0.1) is 0 Å². The maximum Gasteiger partial charge on any atom is 0.322 e. The molecule has 8 heteroatoms. The Morgan fingerprint density at radius 1 is 1.04 bits per heavy atom. The van der Waals surface area contributed by atoms with E-state index in [1.54, 1.807) is 36.4 Å². The molecule has 150 valence electrons. The van der Waals surface area contributed by atoms with Gasteiger partial charge in [-0.3, -0.25) is 9.59 Å². The third-order valence-corrected chi connectivity index (χ3v) is 5.95. The minimum Gasteiger partial charge on any atom is -0.497 e. The van der Waals surface area contributed by atoms with Crippen LogP contribution in [0.3, 0.4) is 0 Å². The van der Waals surface area contributed by atoms with E-state index in [1.807, 2.05) is 6.92 Å². The van der Waals surface area contributed by atoms with E-state index in [2.05, 4.69) is 0 Å². The summed E-state index contributed by atoms with van der Waals surface area (Å²) in [6.45, 7) is 2.79. The lowest BCUT2D eigenvalue weighted by atomic mass is 10.1. The topological polar surface area (TPSA) is 90.0 Å². The molecule has 0 aliphatic rings. The summed E-state index contributed by atoms with van der Waals surface area (Å²) in [6, 6.07) is 12.7. The molecule has 0 saturated carbocycles. The van der Waals surface area contributed by atoms with Crippen molar-refractivity contribution >= 4 is 21.8 Å². The highest BCUT2D eigenvalue weighted by atomic mass is 32.2. The van der Waals surface area contributed by atoms with Gasteiger partial charge in [0, 0.05) is 12.6 Å². The number of sulfonamides is 1. The predicted octanol–water partition coefficient (Wildman–Crippen LogP) is 2.44. The van der Waals surface area contributed by atoms with Crippen LogP contribution in [0.2, 0.25) is 0 Å². The van der Waals surface area contributed by atoms with Gasteiger partial charge in [-0.25, -0.2) is 8.42 Å². The lowest BCUT2D eigenvalue weighted by molar-refractivity contribution is -0.146. The molecule has 0 amide bonds. The molecule has 0 saturated heterocycles. The number of benzene rings is 2. The van der Waals surface area contributed by atoms with Crippen LogP contribution < -0.4 is 4.74 Å². The number of hydrogen-bond acceptors (Lipinski definition) is 6. The molecule has 28 heavy (non-hydrogen) atoms. The highest BCUT2D eigenvalue weighted by Crippen LogP contribution is 2.16. The normalized spacial score (nSPS) is 12.5. The maximum absolute atomic E-state index is 12.5. The van der Waals surface area contributed by atoms with Crippen molar-refractivity contribution in [3.8, 4) is 5.75 Å². The van der Waals surface area contributed by atoms with Gasteiger partial charge in [0.15, 0.2) is 6.10 Å². The number of methoxy groups -OCH3 is 1. The SMILES string of the molecule is COc1ccc(C(=O)[C@@H](C)OC(=O)CN(C)S(=O)(=O)c2ccc(C)cc2)cc1. The fourth-order valence-corrected chi connectivity index (χ4v) is 3.55. The summed E-state index contributed by atoms with van der Waals surface area (Å²) < 4.78 is 36.1. The second-order valence-corrected chi connectivity index (χ2v) is 8.34. The molecule has 0 bridgehead atoms. The number of esters is 1. The van der Waals surface area contributed by atoms with E-state index in [4.69, 9.17) is 9.47 Å². The standard InChI is InChI=1S/C20H23NO6S/c1-14-5-11-18(12-6-14)28(24,25)21(3)13-19(22)27-15(2)20(23)16-7-9-17(26-4)10-8-16/h5-12,15H,13H2,1-4H3/t15-/m1/s1. The van der Waals surface area contributed by atoms with Crippen LogP contribution in [0.4, 0.5) is 0 Å². The Bertz CT molecular complexity index is 936. The van der Waals surface area contributed by atoms with Crippen LogP contribution in [0, 0.1) is 6.92 Å². The van der Waals surface area contributed by atoms with E-state index in [0.29, 0.717) is 11.3 Å². The fraction of sp³-hybridized carbons (Fsp3) is 0.300. The summed E-state index contributed by atoms with van der Waals surface area (Å²) in [4.78, 5) is 24.6. The summed E-state index contributed by atoms with van der Waals surface area (Å²) in [5.41, 5.74) is 1.29. The van der Waals surface area contributed by atoms with Crippen molar-refractivity contribution in [2.75, 3.05) is 20.7 Å². The molecule has 0 spiro atoms. The summed E-state index contributed by atoms with van der Waals surface area (Å²) in [5, 5.41) is 0. The van der Waals surface area contributed by atoms with Crippen molar-refractivity contribution in [2.24, 2.45) is 0 Å². The molecule has 0 aliphatic carbocycles. The molecule has 0 fully saturated rings. The fourth-order valence-electron chi connectivity index (χ4n) is 2.43. The molecule has 0 aromatic heterocycles. The van der Waals surface area contributed by atoms with Crippen molar-refractivity contribution in [2.45, 2.75) is 24.8 Å². The first-order chi connectivity index (χ1) is 13.1. The Morgan fingerprint density at radius 3 is 2.14 bits per heavy atom. The second kappa shape index (κ2) is 8.99. The third kappa shape index (κ3) is 5.17. The zero-order valence-corrected chi connectivity index (χ0v) is 17.0. The molecule has 0 unspecified atom stereocenters. The Hall–Kier alpha value is -2.71. The molecule has 0 N–H and O–H groups in total.